The summed E-state index contributed by atoms with van der Waals surface area (Å²) in [6.07, 6.45) is -2.74. The second-order valence-corrected chi connectivity index (χ2v) is 7.14. The van der Waals surface area contributed by atoms with E-state index in [1.807, 2.05) is 12.1 Å². The van der Waals surface area contributed by atoms with E-state index in [1.165, 1.54) is 22.6 Å². The maximum atomic E-state index is 12.8. The molecule has 0 N–H and O–H groups in total. The molecule has 0 spiro atoms. The van der Waals surface area contributed by atoms with Crippen LogP contribution in [-0.2, 0) is 12.7 Å². The van der Waals surface area contributed by atoms with Crippen LogP contribution >= 0.6 is 11.6 Å². The number of alkyl halides is 3. The number of fused-ring (bicyclic) bond motifs is 1. The van der Waals surface area contributed by atoms with Gasteiger partial charge in [-0.2, -0.15) is 13.2 Å². The lowest BCUT2D eigenvalue weighted by Gasteiger charge is -2.13. The summed E-state index contributed by atoms with van der Waals surface area (Å²) in [5.74, 6) is 0.417. The summed E-state index contributed by atoms with van der Waals surface area (Å²) in [6, 6.07) is 13.5. The minimum absolute atomic E-state index is 0.228. The van der Waals surface area contributed by atoms with Crippen LogP contribution in [0.1, 0.15) is 16.8 Å². The van der Waals surface area contributed by atoms with Crippen molar-refractivity contribution in [3.05, 3.63) is 93.0 Å². The Morgan fingerprint density at radius 2 is 1.69 bits per heavy atom. The first kappa shape index (κ1) is 19.3. The third-order valence-corrected chi connectivity index (χ3v) is 4.94. The first-order valence-electron chi connectivity index (χ1n) is 8.74. The van der Waals surface area contributed by atoms with Gasteiger partial charge in [0.05, 0.1) is 17.8 Å². The highest BCUT2D eigenvalue weighted by atomic mass is 35.5. The summed E-state index contributed by atoms with van der Waals surface area (Å²) in [5.41, 5.74) is 1.81. The Hall–Kier alpha value is -3.06. The minimum atomic E-state index is -4.38. The van der Waals surface area contributed by atoms with E-state index in [4.69, 9.17) is 11.6 Å². The molecule has 0 saturated heterocycles. The van der Waals surface area contributed by atoms with E-state index in [2.05, 4.69) is 4.98 Å². The van der Waals surface area contributed by atoms with Crippen LogP contribution in [0, 0.1) is 6.92 Å². The number of nitrogens with zero attached hydrogens (tertiary/aromatic N) is 3. The van der Waals surface area contributed by atoms with E-state index < -0.39 is 11.7 Å². The van der Waals surface area contributed by atoms with Gasteiger partial charge >= 0.3 is 6.18 Å². The van der Waals surface area contributed by atoms with Gasteiger partial charge in [-0.3, -0.25) is 9.20 Å². The first-order valence-corrected chi connectivity index (χ1v) is 9.12. The average Bonchev–Trinajstić information content (AvgIpc) is 3.11. The Balaban J connectivity index is 1.78. The Bertz CT molecular complexity index is 1240. The minimum Gasteiger partial charge on any atom is -0.311 e. The van der Waals surface area contributed by atoms with Crippen molar-refractivity contribution in [3.8, 4) is 11.3 Å². The molecule has 0 fully saturated rings. The van der Waals surface area contributed by atoms with E-state index in [1.54, 1.807) is 29.8 Å². The van der Waals surface area contributed by atoms with Crippen LogP contribution in [0.25, 0.3) is 17.0 Å². The third-order valence-electron chi connectivity index (χ3n) is 4.69. The normalized spacial score (nSPS) is 11.9. The van der Waals surface area contributed by atoms with Crippen LogP contribution in [0.5, 0.6) is 0 Å². The Morgan fingerprint density at radius 3 is 2.31 bits per heavy atom. The molecule has 29 heavy (non-hydrogen) atoms. The Kier molecular flexibility index (Phi) is 4.70. The molecule has 2 heterocycles. The predicted octanol–water partition coefficient (Wildman–Crippen LogP) is 5.19. The fraction of sp³-hybridized carbons (Fsp3) is 0.143. The zero-order valence-corrected chi connectivity index (χ0v) is 16.0. The van der Waals surface area contributed by atoms with Crippen LogP contribution in [-0.4, -0.2) is 14.0 Å². The fourth-order valence-electron chi connectivity index (χ4n) is 3.14. The summed E-state index contributed by atoms with van der Waals surface area (Å²) >= 11 is 5.93. The molecule has 148 valence electrons. The molecule has 0 aliphatic rings. The number of imidazole rings is 1. The number of benzene rings is 2. The summed E-state index contributed by atoms with van der Waals surface area (Å²) in [7, 11) is 0. The van der Waals surface area contributed by atoms with Crippen LogP contribution in [0.2, 0.25) is 5.02 Å². The fourth-order valence-corrected chi connectivity index (χ4v) is 3.27. The largest absolute Gasteiger partial charge is 0.416 e. The Morgan fingerprint density at radius 1 is 1.03 bits per heavy atom. The molecule has 4 rings (SSSR count). The van der Waals surface area contributed by atoms with Crippen molar-refractivity contribution in [1.82, 2.24) is 14.0 Å². The monoisotopic (exact) mass is 417 g/mol. The van der Waals surface area contributed by atoms with Crippen LogP contribution < -0.4 is 5.56 Å². The van der Waals surface area contributed by atoms with Crippen molar-refractivity contribution in [1.29, 1.82) is 0 Å². The number of hydrogen-bond donors (Lipinski definition) is 0. The van der Waals surface area contributed by atoms with Gasteiger partial charge < -0.3 is 4.57 Å². The average molecular weight is 418 g/mol. The van der Waals surface area contributed by atoms with E-state index in [9.17, 15) is 18.0 Å². The quantitative estimate of drug-likeness (QED) is 0.460. The summed E-state index contributed by atoms with van der Waals surface area (Å²) < 4.78 is 41.6. The van der Waals surface area contributed by atoms with Crippen molar-refractivity contribution >= 4 is 17.4 Å². The molecule has 0 radical (unpaired) electrons. The Labute approximate surface area is 168 Å². The molecular weight excluding hydrogens is 403 g/mol. The number of halogens is 4. The van der Waals surface area contributed by atoms with Crippen LogP contribution in [0.15, 0.2) is 65.6 Å². The van der Waals surface area contributed by atoms with Gasteiger partial charge in [0, 0.05) is 28.5 Å². The second kappa shape index (κ2) is 7.08. The molecule has 0 aliphatic heterocycles. The molecule has 0 saturated carbocycles. The lowest BCUT2D eigenvalue weighted by atomic mass is 10.1. The van der Waals surface area contributed by atoms with Crippen molar-refractivity contribution in [2.24, 2.45) is 0 Å². The van der Waals surface area contributed by atoms with Gasteiger partial charge in [-0.05, 0) is 36.8 Å². The van der Waals surface area contributed by atoms with Crippen molar-refractivity contribution < 1.29 is 13.2 Å². The zero-order chi connectivity index (χ0) is 20.8. The molecule has 8 heteroatoms. The topological polar surface area (TPSA) is 39.3 Å². The maximum Gasteiger partial charge on any atom is 0.416 e. The lowest BCUT2D eigenvalue weighted by Crippen LogP contribution is -2.19. The summed E-state index contributed by atoms with van der Waals surface area (Å²) in [4.78, 5) is 17.0. The highest BCUT2D eigenvalue weighted by Gasteiger charge is 2.29. The van der Waals surface area contributed by atoms with Crippen molar-refractivity contribution in [2.45, 2.75) is 19.6 Å². The smallest absolute Gasteiger partial charge is 0.311 e. The molecule has 0 unspecified atom stereocenters. The lowest BCUT2D eigenvalue weighted by molar-refractivity contribution is -0.137. The van der Waals surface area contributed by atoms with Crippen LogP contribution in [0.3, 0.4) is 0 Å². The molecule has 4 aromatic rings. The number of aryl methyl sites for hydroxylation is 1. The standard InChI is InChI=1S/C21H15ClF3N3O/c1-13-10-19(29)28-12-18(15-4-8-17(22)9-5-15)26-20(28)27(13)11-14-2-6-16(7-3-14)21(23,24)25/h2-10,12H,11H2,1H3. The van der Waals surface area contributed by atoms with Crippen LogP contribution in [0.4, 0.5) is 13.2 Å². The van der Waals surface area contributed by atoms with Gasteiger partial charge in [0.25, 0.3) is 5.56 Å². The maximum absolute atomic E-state index is 12.8. The van der Waals surface area contributed by atoms with Crippen molar-refractivity contribution in [2.75, 3.05) is 0 Å². The van der Waals surface area contributed by atoms with Gasteiger partial charge in [-0.25, -0.2) is 4.98 Å². The molecule has 2 aromatic carbocycles. The van der Waals surface area contributed by atoms with Gasteiger partial charge in [0.15, 0.2) is 0 Å². The predicted molar refractivity (Wildman–Crippen MR) is 105 cm³/mol. The molecule has 2 aromatic heterocycles. The highest BCUT2D eigenvalue weighted by molar-refractivity contribution is 6.30. The number of aromatic nitrogens is 3. The summed E-state index contributed by atoms with van der Waals surface area (Å²) in [6.45, 7) is 2.05. The van der Waals surface area contributed by atoms with Gasteiger partial charge in [0.2, 0.25) is 5.78 Å². The molecule has 4 nitrogen and oxygen atoms in total. The molecule has 0 aliphatic carbocycles. The summed E-state index contributed by atoms with van der Waals surface area (Å²) in [5, 5.41) is 0.593. The third kappa shape index (κ3) is 3.78. The zero-order valence-electron chi connectivity index (χ0n) is 15.2. The van der Waals surface area contributed by atoms with E-state index >= 15 is 0 Å². The van der Waals surface area contributed by atoms with E-state index in [0.29, 0.717) is 27.8 Å². The number of hydrogen-bond acceptors (Lipinski definition) is 2. The number of rotatable bonds is 3. The van der Waals surface area contributed by atoms with Gasteiger partial charge in [-0.1, -0.05) is 35.9 Å². The highest BCUT2D eigenvalue weighted by Crippen LogP contribution is 2.29. The molecule has 0 amide bonds. The van der Waals surface area contributed by atoms with E-state index in [0.717, 1.165) is 17.7 Å². The second-order valence-electron chi connectivity index (χ2n) is 6.71. The molecule has 0 atom stereocenters. The first-order chi connectivity index (χ1) is 13.7. The molecule has 0 bridgehead atoms. The van der Waals surface area contributed by atoms with Gasteiger partial charge in [-0.15, -0.1) is 0 Å². The SMILES string of the molecule is Cc1cc(=O)n2cc(-c3ccc(Cl)cc3)nc2n1Cc1ccc(C(F)(F)F)cc1. The van der Waals surface area contributed by atoms with Crippen molar-refractivity contribution in [3.63, 3.8) is 0 Å². The van der Waals surface area contributed by atoms with E-state index in [-0.39, 0.29) is 12.1 Å². The van der Waals surface area contributed by atoms with Gasteiger partial charge in [0.1, 0.15) is 0 Å². The molecular formula is C21H15ClF3N3O.